The minimum atomic E-state index is -0.243. The van der Waals surface area contributed by atoms with Crippen molar-refractivity contribution in [3.63, 3.8) is 0 Å². The monoisotopic (exact) mass is 370 g/mol. The van der Waals surface area contributed by atoms with Gasteiger partial charge in [0.05, 0.1) is 17.9 Å². The Morgan fingerprint density at radius 2 is 1.74 bits per heavy atom. The minimum absolute atomic E-state index is 0.110. The SMILES string of the molecule is Cc1ccc(OC[C@H](C)NC(=O)CCN2C(=O)[C@H]3CC=CC[C@H]3C2=O)cc1. The number of likely N-dealkylation sites (tertiary alicyclic amines) is 1. The molecular formula is C21H26N2O4. The molecule has 1 aromatic carbocycles. The van der Waals surface area contributed by atoms with Gasteiger partial charge < -0.3 is 10.1 Å². The van der Waals surface area contributed by atoms with E-state index in [2.05, 4.69) is 5.32 Å². The van der Waals surface area contributed by atoms with E-state index in [0.29, 0.717) is 19.4 Å². The van der Waals surface area contributed by atoms with Gasteiger partial charge in [0.15, 0.2) is 0 Å². The summed E-state index contributed by atoms with van der Waals surface area (Å²) in [5, 5.41) is 2.85. The molecule has 0 bridgehead atoms. The molecule has 0 spiro atoms. The normalized spacial score (nSPS) is 22.5. The Bertz CT molecular complexity index is 715. The topological polar surface area (TPSA) is 75.7 Å². The van der Waals surface area contributed by atoms with Crippen molar-refractivity contribution in [2.45, 2.75) is 39.2 Å². The molecule has 0 aromatic heterocycles. The molecule has 6 nitrogen and oxygen atoms in total. The van der Waals surface area contributed by atoms with Gasteiger partial charge in [-0.2, -0.15) is 0 Å². The van der Waals surface area contributed by atoms with Crippen molar-refractivity contribution in [3.05, 3.63) is 42.0 Å². The van der Waals surface area contributed by atoms with Crippen molar-refractivity contribution < 1.29 is 19.1 Å². The lowest BCUT2D eigenvalue weighted by Gasteiger charge is -2.17. The van der Waals surface area contributed by atoms with E-state index in [-0.39, 0.29) is 48.6 Å². The average Bonchev–Trinajstić information content (AvgIpc) is 2.90. The molecule has 3 rings (SSSR count). The van der Waals surface area contributed by atoms with Crippen LogP contribution in [0.25, 0.3) is 0 Å². The Balaban J connectivity index is 1.42. The Labute approximate surface area is 159 Å². The van der Waals surface area contributed by atoms with Crippen LogP contribution in [-0.4, -0.2) is 41.8 Å². The number of hydrogen-bond donors (Lipinski definition) is 1. The number of aryl methyl sites for hydroxylation is 1. The molecule has 1 heterocycles. The lowest BCUT2D eigenvalue weighted by atomic mass is 9.85. The molecule has 3 atom stereocenters. The Kier molecular flexibility index (Phi) is 5.94. The van der Waals surface area contributed by atoms with Gasteiger partial charge in [0, 0.05) is 13.0 Å². The number of nitrogens with zero attached hydrogens (tertiary/aromatic N) is 1. The molecule has 1 aliphatic carbocycles. The molecule has 144 valence electrons. The minimum Gasteiger partial charge on any atom is -0.491 e. The summed E-state index contributed by atoms with van der Waals surface area (Å²) in [6, 6.07) is 7.55. The number of nitrogens with one attached hydrogen (secondary N) is 1. The maximum Gasteiger partial charge on any atom is 0.233 e. The van der Waals surface area contributed by atoms with Crippen molar-refractivity contribution in [1.82, 2.24) is 10.2 Å². The quantitative estimate of drug-likeness (QED) is 0.590. The number of imide groups is 1. The number of benzene rings is 1. The average molecular weight is 370 g/mol. The van der Waals surface area contributed by atoms with Crippen LogP contribution in [0.1, 0.15) is 31.7 Å². The molecule has 6 heteroatoms. The van der Waals surface area contributed by atoms with E-state index in [9.17, 15) is 14.4 Å². The molecule has 2 aliphatic rings. The van der Waals surface area contributed by atoms with Gasteiger partial charge in [-0.25, -0.2) is 0 Å². The fourth-order valence-corrected chi connectivity index (χ4v) is 3.55. The maximum atomic E-state index is 12.4. The predicted octanol–water partition coefficient (Wildman–Crippen LogP) is 2.22. The van der Waals surface area contributed by atoms with Gasteiger partial charge in [0.1, 0.15) is 12.4 Å². The molecule has 1 aromatic rings. The summed E-state index contributed by atoms with van der Waals surface area (Å²) in [4.78, 5) is 38.2. The molecule has 1 saturated heterocycles. The Morgan fingerprint density at radius 3 is 2.33 bits per heavy atom. The zero-order valence-electron chi connectivity index (χ0n) is 15.8. The highest BCUT2D eigenvalue weighted by atomic mass is 16.5. The molecule has 3 amide bonds. The molecular weight excluding hydrogens is 344 g/mol. The maximum absolute atomic E-state index is 12.4. The van der Waals surface area contributed by atoms with Gasteiger partial charge >= 0.3 is 0 Å². The summed E-state index contributed by atoms with van der Waals surface area (Å²) in [5.74, 6) is -0.203. The van der Waals surface area contributed by atoms with E-state index in [4.69, 9.17) is 4.74 Å². The zero-order chi connectivity index (χ0) is 19.4. The van der Waals surface area contributed by atoms with Gasteiger partial charge in [0.2, 0.25) is 17.7 Å². The van der Waals surface area contributed by atoms with Crippen LogP contribution in [0.15, 0.2) is 36.4 Å². The third-order valence-electron chi connectivity index (χ3n) is 5.09. The van der Waals surface area contributed by atoms with E-state index in [1.165, 1.54) is 4.90 Å². The molecule has 0 radical (unpaired) electrons. The first-order valence-electron chi connectivity index (χ1n) is 9.44. The van der Waals surface area contributed by atoms with E-state index >= 15 is 0 Å². The number of carbonyl (C=O) groups excluding carboxylic acids is 3. The van der Waals surface area contributed by atoms with Gasteiger partial charge in [-0.15, -0.1) is 0 Å². The van der Waals surface area contributed by atoms with Crippen LogP contribution in [0, 0.1) is 18.8 Å². The molecule has 0 saturated carbocycles. The third kappa shape index (κ3) is 4.56. The number of amides is 3. The second-order valence-electron chi connectivity index (χ2n) is 7.33. The second kappa shape index (κ2) is 8.37. The van der Waals surface area contributed by atoms with Crippen molar-refractivity contribution in [2.24, 2.45) is 11.8 Å². The number of hydrogen-bond acceptors (Lipinski definition) is 4. The molecule has 1 aliphatic heterocycles. The number of rotatable bonds is 7. The van der Waals surface area contributed by atoms with Crippen LogP contribution in [0.5, 0.6) is 5.75 Å². The van der Waals surface area contributed by atoms with Crippen LogP contribution < -0.4 is 10.1 Å². The number of carbonyl (C=O) groups is 3. The van der Waals surface area contributed by atoms with Gasteiger partial charge in [-0.1, -0.05) is 29.8 Å². The van der Waals surface area contributed by atoms with Crippen LogP contribution >= 0.6 is 0 Å². The summed E-state index contributed by atoms with van der Waals surface area (Å²) in [6.45, 7) is 4.36. The highest BCUT2D eigenvalue weighted by Crippen LogP contribution is 2.34. The van der Waals surface area contributed by atoms with Crippen molar-refractivity contribution in [3.8, 4) is 5.75 Å². The van der Waals surface area contributed by atoms with Crippen LogP contribution in [0.3, 0.4) is 0 Å². The Morgan fingerprint density at radius 1 is 1.15 bits per heavy atom. The fourth-order valence-electron chi connectivity index (χ4n) is 3.55. The largest absolute Gasteiger partial charge is 0.491 e. The summed E-state index contributed by atoms with van der Waals surface area (Å²) < 4.78 is 5.66. The lowest BCUT2D eigenvalue weighted by Crippen LogP contribution is -2.40. The van der Waals surface area contributed by atoms with Gasteiger partial charge in [0.25, 0.3) is 0 Å². The van der Waals surface area contributed by atoms with Gasteiger partial charge in [-0.05, 0) is 38.8 Å². The summed E-state index contributed by atoms with van der Waals surface area (Å²) in [5.41, 5.74) is 1.16. The number of allylic oxidation sites excluding steroid dienone is 2. The fraction of sp³-hybridized carbons (Fsp3) is 0.476. The standard InChI is InChI=1S/C21H26N2O4/c1-14-7-9-16(10-8-14)27-13-15(2)22-19(24)11-12-23-20(25)17-5-3-4-6-18(17)21(23)26/h3-4,7-10,15,17-18H,5-6,11-13H2,1-2H3,(H,22,24)/t15-,17-,18+/m0/s1. The second-order valence-corrected chi connectivity index (χ2v) is 7.33. The van der Waals surface area contributed by atoms with E-state index < -0.39 is 0 Å². The predicted molar refractivity (Wildman–Crippen MR) is 101 cm³/mol. The number of fused-ring (bicyclic) bond motifs is 1. The van der Waals surface area contributed by atoms with Crippen molar-refractivity contribution in [2.75, 3.05) is 13.2 Å². The first kappa shape index (κ1) is 19.1. The first-order valence-corrected chi connectivity index (χ1v) is 9.44. The first-order chi connectivity index (χ1) is 13.0. The smallest absolute Gasteiger partial charge is 0.233 e. The Hall–Kier alpha value is -2.63. The third-order valence-corrected chi connectivity index (χ3v) is 5.09. The van der Waals surface area contributed by atoms with Crippen molar-refractivity contribution >= 4 is 17.7 Å². The summed E-state index contributed by atoms with van der Waals surface area (Å²) in [6.07, 6.45) is 5.26. The van der Waals surface area contributed by atoms with Crippen LogP contribution in [0.2, 0.25) is 0 Å². The number of ether oxygens (including phenoxy) is 1. The van der Waals surface area contributed by atoms with E-state index in [1.54, 1.807) is 0 Å². The van der Waals surface area contributed by atoms with Crippen LogP contribution in [0.4, 0.5) is 0 Å². The van der Waals surface area contributed by atoms with E-state index in [0.717, 1.165) is 11.3 Å². The zero-order valence-corrected chi connectivity index (χ0v) is 15.8. The van der Waals surface area contributed by atoms with Crippen molar-refractivity contribution in [1.29, 1.82) is 0 Å². The highest BCUT2D eigenvalue weighted by molar-refractivity contribution is 6.05. The summed E-state index contributed by atoms with van der Waals surface area (Å²) in [7, 11) is 0. The molecule has 27 heavy (non-hydrogen) atoms. The molecule has 0 unspecified atom stereocenters. The summed E-state index contributed by atoms with van der Waals surface area (Å²) >= 11 is 0. The van der Waals surface area contributed by atoms with Crippen LogP contribution in [-0.2, 0) is 14.4 Å². The molecule has 1 fully saturated rings. The molecule has 1 N–H and O–H groups in total. The van der Waals surface area contributed by atoms with E-state index in [1.807, 2.05) is 50.3 Å². The highest BCUT2D eigenvalue weighted by Gasteiger charge is 2.46. The lowest BCUT2D eigenvalue weighted by molar-refractivity contribution is -0.140. The van der Waals surface area contributed by atoms with Gasteiger partial charge in [-0.3, -0.25) is 19.3 Å².